The van der Waals surface area contributed by atoms with Crippen molar-refractivity contribution in [2.45, 2.75) is 30.3 Å². The Balaban J connectivity index is 1.67. The zero-order valence-electron chi connectivity index (χ0n) is 15.7. The zero-order chi connectivity index (χ0) is 20.3. The summed E-state index contributed by atoms with van der Waals surface area (Å²) in [6.45, 7) is 3.59. The van der Waals surface area contributed by atoms with Gasteiger partial charge in [0.15, 0.2) is 11.0 Å². The number of thioether (sulfide) groups is 1. The Morgan fingerprint density at radius 3 is 2.43 bits per heavy atom. The van der Waals surface area contributed by atoms with Crippen LogP contribution in [-0.4, -0.2) is 25.9 Å². The number of nitrogens with zero attached hydrogens (tertiary/aromatic N) is 3. The van der Waals surface area contributed by atoms with E-state index in [0.717, 1.165) is 5.56 Å². The van der Waals surface area contributed by atoms with E-state index in [0.29, 0.717) is 16.5 Å². The Morgan fingerprint density at radius 1 is 1.07 bits per heavy atom. The first kappa shape index (κ1) is 20.0. The Morgan fingerprint density at radius 2 is 1.75 bits per heavy atom. The minimum absolute atomic E-state index is 0.183. The Labute approximate surface area is 166 Å². The smallest absolute Gasteiger partial charge is 0.233 e. The number of hydrogen-bond donors (Lipinski definition) is 1. The number of rotatable bonds is 6. The number of carbonyl (C=O) groups excluding carboxylic acids is 1. The van der Waals surface area contributed by atoms with Gasteiger partial charge in [0.25, 0.3) is 0 Å². The summed E-state index contributed by atoms with van der Waals surface area (Å²) in [5.74, 6) is -0.488. The molecule has 3 aromatic rings. The third-order valence-corrected chi connectivity index (χ3v) is 5.46. The molecule has 3 rings (SSSR count). The van der Waals surface area contributed by atoms with Crippen LogP contribution in [0.5, 0.6) is 0 Å². The first-order valence-corrected chi connectivity index (χ1v) is 9.61. The maximum atomic E-state index is 14.0. The first-order chi connectivity index (χ1) is 13.4. The lowest BCUT2D eigenvalue weighted by atomic mass is 10.1. The van der Waals surface area contributed by atoms with Crippen molar-refractivity contribution in [3.63, 3.8) is 0 Å². The standard InChI is InChI=1S/C20H20F2N4OS/c1-12(14-8-10-15(21)11-9-14)23-19(27)13(2)28-20-25-24-18(26(20)3)16-6-4-5-7-17(16)22/h4-13H,1-3H3,(H,23,27)/t12-,13+/m1/s1. The van der Waals surface area contributed by atoms with Crippen LogP contribution in [-0.2, 0) is 11.8 Å². The number of benzene rings is 2. The number of halogens is 2. The summed E-state index contributed by atoms with van der Waals surface area (Å²) in [6, 6.07) is 12.1. The van der Waals surface area contributed by atoms with Crippen molar-refractivity contribution < 1.29 is 13.6 Å². The molecule has 0 saturated heterocycles. The van der Waals surface area contributed by atoms with Crippen molar-refractivity contribution in [3.05, 3.63) is 65.7 Å². The molecule has 1 amide bonds. The van der Waals surface area contributed by atoms with E-state index in [-0.39, 0.29) is 23.6 Å². The molecule has 0 fully saturated rings. The Kier molecular flexibility index (Phi) is 6.08. The first-order valence-electron chi connectivity index (χ1n) is 8.73. The van der Waals surface area contributed by atoms with Crippen LogP contribution in [0.25, 0.3) is 11.4 Å². The van der Waals surface area contributed by atoms with E-state index in [4.69, 9.17) is 0 Å². The highest BCUT2D eigenvalue weighted by Gasteiger charge is 2.21. The molecule has 0 spiro atoms. The zero-order valence-corrected chi connectivity index (χ0v) is 16.5. The van der Waals surface area contributed by atoms with Crippen molar-refractivity contribution >= 4 is 17.7 Å². The van der Waals surface area contributed by atoms with Gasteiger partial charge in [0.05, 0.1) is 16.9 Å². The number of amides is 1. The fourth-order valence-corrected chi connectivity index (χ4v) is 3.50. The van der Waals surface area contributed by atoms with E-state index in [2.05, 4.69) is 15.5 Å². The van der Waals surface area contributed by atoms with Crippen LogP contribution in [0.4, 0.5) is 8.78 Å². The predicted octanol–water partition coefficient (Wildman–Crippen LogP) is 4.12. The molecule has 2 aromatic carbocycles. The lowest BCUT2D eigenvalue weighted by Crippen LogP contribution is -2.33. The maximum Gasteiger partial charge on any atom is 0.233 e. The van der Waals surface area contributed by atoms with Crippen LogP contribution in [0.3, 0.4) is 0 Å². The lowest BCUT2D eigenvalue weighted by molar-refractivity contribution is -0.120. The van der Waals surface area contributed by atoms with Gasteiger partial charge in [-0.2, -0.15) is 0 Å². The van der Waals surface area contributed by atoms with Crippen LogP contribution < -0.4 is 5.32 Å². The van der Waals surface area contributed by atoms with Gasteiger partial charge in [-0.15, -0.1) is 10.2 Å². The molecule has 146 valence electrons. The maximum absolute atomic E-state index is 14.0. The second-order valence-corrected chi connectivity index (χ2v) is 7.69. The van der Waals surface area contributed by atoms with E-state index in [1.165, 1.54) is 30.0 Å². The van der Waals surface area contributed by atoms with Crippen molar-refractivity contribution in [2.75, 3.05) is 0 Å². The van der Waals surface area contributed by atoms with Crippen LogP contribution in [0, 0.1) is 11.6 Å². The Bertz CT molecular complexity index is 975. The quantitative estimate of drug-likeness (QED) is 0.630. The number of aromatic nitrogens is 3. The van der Waals surface area contributed by atoms with Crippen LogP contribution in [0.15, 0.2) is 53.7 Å². The molecule has 1 heterocycles. The van der Waals surface area contributed by atoms with Crippen molar-refractivity contribution in [1.82, 2.24) is 20.1 Å². The monoisotopic (exact) mass is 402 g/mol. The normalized spacial score (nSPS) is 13.2. The van der Waals surface area contributed by atoms with Crippen LogP contribution >= 0.6 is 11.8 Å². The summed E-state index contributed by atoms with van der Waals surface area (Å²) >= 11 is 1.23. The van der Waals surface area contributed by atoms with E-state index in [9.17, 15) is 13.6 Å². The summed E-state index contributed by atoms with van der Waals surface area (Å²) in [5, 5.41) is 11.1. The molecular weight excluding hydrogens is 382 g/mol. The molecular formula is C20H20F2N4OS. The summed E-state index contributed by atoms with van der Waals surface area (Å²) < 4.78 is 28.7. The third-order valence-electron chi connectivity index (χ3n) is 4.33. The average Bonchev–Trinajstić information content (AvgIpc) is 3.03. The number of carbonyl (C=O) groups is 1. The van der Waals surface area contributed by atoms with E-state index in [1.807, 2.05) is 6.92 Å². The van der Waals surface area contributed by atoms with Gasteiger partial charge in [-0.1, -0.05) is 36.0 Å². The second kappa shape index (κ2) is 8.52. The molecule has 8 heteroatoms. The molecule has 1 aromatic heterocycles. The van der Waals surface area contributed by atoms with E-state index < -0.39 is 5.25 Å². The van der Waals surface area contributed by atoms with Gasteiger partial charge in [-0.05, 0) is 43.7 Å². The fourth-order valence-electron chi connectivity index (χ4n) is 2.67. The van der Waals surface area contributed by atoms with Crippen molar-refractivity contribution in [1.29, 1.82) is 0 Å². The number of nitrogens with one attached hydrogen (secondary N) is 1. The summed E-state index contributed by atoms with van der Waals surface area (Å²) in [7, 11) is 1.73. The molecule has 1 N–H and O–H groups in total. The number of hydrogen-bond acceptors (Lipinski definition) is 4. The molecule has 5 nitrogen and oxygen atoms in total. The third kappa shape index (κ3) is 4.39. The van der Waals surface area contributed by atoms with Crippen molar-refractivity contribution in [3.8, 4) is 11.4 Å². The highest BCUT2D eigenvalue weighted by atomic mass is 32.2. The summed E-state index contributed by atoms with van der Waals surface area (Å²) in [4.78, 5) is 12.5. The largest absolute Gasteiger partial charge is 0.349 e. The molecule has 0 saturated carbocycles. The summed E-state index contributed by atoms with van der Waals surface area (Å²) in [5.41, 5.74) is 1.17. The molecule has 0 aliphatic heterocycles. The topological polar surface area (TPSA) is 59.8 Å². The SMILES string of the molecule is C[C@H](Sc1nnc(-c2ccccc2F)n1C)C(=O)N[C@H](C)c1ccc(F)cc1. The van der Waals surface area contributed by atoms with Crippen molar-refractivity contribution in [2.24, 2.45) is 7.05 Å². The molecule has 0 unspecified atom stereocenters. The molecule has 28 heavy (non-hydrogen) atoms. The van der Waals surface area contributed by atoms with E-state index in [1.54, 1.807) is 48.9 Å². The van der Waals surface area contributed by atoms with Gasteiger partial charge >= 0.3 is 0 Å². The van der Waals surface area contributed by atoms with Crippen LogP contribution in [0.2, 0.25) is 0 Å². The molecule has 0 radical (unpaired) electrons. The molecule has 0 bridgehead atoms. The van der Waals surface area contributed by atoms with Gasteiger partial charge in [0, 0.05) is 7.05 Å². The molecule has 0 aliphatic rings. The minimum atomic E-state index is -0.445. The van der Waals surface area contributed by atoms with Crippen LogP contribution in [0.1, 0.15) is 25.5 Å². The predicted molar refractivity (Wildman–Crippen MR) is 105 cm³/mol. The second-order valence-electron chi connectivity index (χ2n) is 6.39. The van der Waals surface area contributed by atoms with Gasteiger partial charge in [0.1, 0.15) is 11.6 Å². The molecule has 0 aliphatic carbocycles. The van der Waals surface area contributed by atoms with Gasteiger partial charge in [-0.25, -0.2) is 8.78 Å². The van der Waals surface area contributed by atoms with Gasteiger partial charge < -0.3 is 9.88 Å². The molecule has 2 atom stereocenters. The van der Waals surface area contributed by atoms with Gasteiger partial charge in [0.2, 0.25) is 5.91 Å². The highest BCUT2D eigenvalue weighted by molar-refractivity contribution is 8.00. The van der Waals surface area contributed by atoms with Gasteiger partial charge in [-0.3, -0.25) is 4.79 Å². The Hall–Kier alpha value is -2.74. The fraction of sp³-hybridized carbons (Fsp3) is 0.250. The minimum Gasteiger partial charge on any atom is -0.349 e. The summed E-state index contributed by atoms with van der Waals surface area (Å²) in [6.07, 6.45) is 0. The highest BCUT2D eigenvalue weighted by Crippen LogP contribution is 2.27. The average molecular weight is 402 g/mol. The van der Waals surface area contributed by atoms with E-state index >= 15 is 0 Å². The lowest BCUT2D eigenvalue weighted by Gasteiger charge is -2.17.